The number of carbonyl (C=O) groups excluding carboxylic acids is 3. The molecular weight excluding hydrogens is 612 g/mol. The third-order valence-electron chi connectivity index (χ3n) is 7.01. The lowest BCUT2D eigenvalue weighted by Gasteiger charge is -2.29. The van der Waals surface area contributed by atoms with Crippen molar-refractivity contribution in [2.24, 2.45) is 5.92 Å². The average Bonchev–Trinajstić information content (AvgIpc) is 3.66. The number of thiazole rings is 1. The molecule has 3 unspecified atom stereocenters. The van der Waals surface area contributed by atoms with Gasteiger partial charge in [0, 0.05) is 21.4 Å². The van der Waals surface area contributed by atoms with Gasteiger partial charge in [-0.3, -0.25) is 23.7 Å². The van der Waals surface area contributed by atoms with Gasteiger partial charge in [-0.1, -0.05) is 35.2 Å². The Hall–Kier alpha value is -3.88. The minimum absolute atomic E-state index is 0.167. The van der Waals surface area contributed by atoms with Crippen LogP contribution in [0.2, 0.25) is 0 Å². The highest BCUT2D eigenvalue weighted by atomic mass is 32.2. The Morgan fingerprint density at radius 2 is 1.79 bits per heavy atom. The molecule has 216 valence electrons. The Bertz CT molecular complexity index is 1750. The number of benzene rings is 2. The Kier molecular flexibility index (Phi) is 7.23. The van der Waals surface area contributed by atoms with E-state index in [0.717, 1.165) is 51.1 Å². The first-order chi connectivity index (χ1) is 20.1. The first-order valence-electron chi connectivity index (χ1n) is 12.5. The summed E-state index contributed by atoms with van der Waals surface area (Å²) in [5.41, 5.74) is -0.649. The van der Waals surface area contributed by atoms with E-state index in [-0.39, 0.29) is 12.2 Å². The Morgan fingerprint density at radius 1 is 1.02 bits per heavy atom. The number of nitrogens with zero attached hydrogens (tertiary/aromatic N) is 2. The number of hydrogen-bond donors (Lipinski definition) is 1. The SMILES string of the molecule is COc1ccc(NC(=O)Cn2c3c(sc2=O)C(c2cccs2)C2C(=O)N(c4cccc(C(F)(F)F)c4)C(=O)C2S3)cc1. The van der Waals surface area contributed by atoms with Gasteiger partial charge in [0.2, 0.25) is 17.7 Å². The number of nitrogens with one attached hydrogen (secondary N) is 1. The first kappa shape index (κ1) is 28.2. The van der Waals surface area contributed by atoms with Gasteiger partial charge in [-0.15, -0.1) is 11.3 Å². The summed E-state index contributed by atoms with van der Waals surface area (Å²) in [6.45, 7) is -0.336. The monoisotopic (exact) mass is 631 g/mol. The molecule has 2 aliphatic rings. The van der Waals surface area contributed by atoms with Gasteiger partial charge in [-0.05, 0) is 53.9 Å². The number of imide groups is 1. The summed E-state index contributed by atoms with van der Waals surface area (Å²) in [6.07, 6.45) is -4.66. The fraction of sp³-hybridized carbons (Fsp3) is 0.214. The van der Waals surface area contributed by atoms with Crippen LogP contribution in [-0.2, 0) is 27.1 Å². The number of anilines is 2. The highest BCUT2D eigenvalue weighted by Gasteiger charge is 2.57. The van der Waals surface area contributed by atoms with Crippen LogP contribution in [0.25, 0.3) is 0 Å². The molecule has 42 heavy (non-hydrogen) atoms. The molecule has 1 saturated heterocycles. The second-order valence-electron chi connectivity index (χ2n) is 9.52. The van der Waals surface area contributed by atoms with Gasteiger partial charge in [-0.2, -0.15) is 13.2 Å². The number of aromatic nitrogens is 1. The lowest BCUT2D eigenvalue weighted by atomic mass is 9.87. The van der Waals surface area contributed by atoms with E-state index in [1.807, 2.05) is 0 Å². The Balaban J connectivity index is 1.36. The van der Waals surface area contributed by atoms with Crippen LogP contribution in [0.15, 0.2) is 75.9 Å². The molecule has 0 radical (unpaired) electrons. The highest BCUT2D eigenvalue weighted by Crippen LogP contribution is 2.54. The van der Waals surface area contributed by atoms with E-state index >= 15 is 0 Å². The van der Waals surface area contributed by atoms with E-state index in [1.54, 1.807) is 41.8 Å². The molecule has 14 heteroatoms. The van der Waals surface area contributed by atoms with Crippen molar-refractivity contribution in [3.8, 4) is 5.75 Å². The van der Waals surface area contributed by atoms with Crippen LogP contribution in [0.5, 0.6) is 5.75 Å². The maximum atomic E-state index is 13.8. The molecule has 4 heterocycles. The summed E-state index contributed by atoms with van der Waals surface area (Å²) in [5, 5.41) is 3.93. The second kappa shape index (κ2) is 10.7. The van der Waals surface area contributed by atoms with Gasteiger partial charge in [0.1, 0.15) is 17.5 Å². The van der Waals surface area contributed by atoms with Gasteiger partial charge < -0.3 is 10.1 Å². The van der Waals surface area contributed by atoms with E-state index in [0.29, 0.717) is 21.3 Å². The molecule has 1 N–H and O–H groups in total. The van der Waals surface area contributed by atoms with Crippen molar-refractivity contribution < 1.29 is 32.3 Å². The second-order valence-corrected chi connectivity index (χ2v) is 12.6. The predicted molar refractivity (Wildman–Crippen MR) is 153 cm³/mol. The molecule has 0 bridgehead atoms. The number of carbonyl (C=O) groups is 3. The third kappa shape index (κ3) is 4.92. The molecule has 0 spiro atoms. The number of alkyl halides is 3. The summed E-state index contributed by atoms with van der Waals surface area (Å²) in [6, 6.07) is 14.3. The van der Waals surface area contributed by atoms with E-state index in [4.69, 9.17) is 4.74 Å². The average molecular weight is 632 g/mol. The quantitative estimate of drug-likeness (QED) is 0.285. The summed E-state index contributed by atoms with van der Waals surface area (Å²) in [4.78, 5) is 55.3. The van der Waals surface area contributed by atoms with Crippen LogP contribution >= 0.6 is 34.4 Å². The molecule has 2 aromatic carbocycles. The zero-order chi connectivity index (χ0) is 29.8. The molecule has 6 rings (SSSR count). The minimum Gasteiger partial charge on any atom is -0.497 e. The summed E-state index contributed by atoms with van der Waals surface area (Å²) < 4.78 is 46.7. The van der Waals surface area contributed by atoms with Gasteiger partial charge in [0.05, 0.1) is 29.3 Å². The van der Waals surface area contributed by atoms with Crippen LogP contribution in [-0.4, -0.2) is 34.6 Å². The van der Waals surface area contributed by atoms with Crippen molar-refractivity contribution in [3.63, 3.8) is 0 Å². The first-order valence-corrected chi connectivity index (χ1v) is 15.1. The van der Waals surface area contributed by atoms with Crippen LogP contribution in [0.1, 0.15) is 21.2 Å². The van der Waals surface area contributed by atoms with Gasteiger partial charge in [-0.25, -0.2) is 4.90 Å². The predicted octanol–water partition coefficient (Wildman–Crippen LogP) is 5.43. The number of thiophene rings is 1. The standard InChI is InChI=1S/C28H20F3N3O5S3/c1-39-17-9-7-15(8-10-17)32-19(35)13-33-26-23(42-27(33)38)20(18-6-3-11-40-18)21-22(41-26)25(37)34(24(21)36)16-5-2-4-14(12-16)28(29,30)31/h2-12,20-22H,13H2,1H3,(H,32,35). The maximum absolute atomic E-state index is 13.8. The van der Waals surface area contributed by atoms with Crippen molar-refractivity contribution in [1.29, 1.82) is 0 Å². The molecule has 2 aromatic heterocycles. The number of thioether (sulfide) groups is 1. The van der Waals surface area contributed by atoms with Crippen LogP contribution in [0, 0.1) is 5.92 Å². The number of ether oxygens (including phenoxy) is 1. The van der Waals surface area contributed by atoms with Crippen molar-refractivity contribution in [3.05, 3.63) is 91.0 Å². The van der Waals surface area contributed by atoms with E-state index in [9.17, 15) is 32.3 Å². The highest BCUT2D eigenvalue weighted by molar-refractivity contribution is 8.00. The lowest BCUT2D eigenvalue weighted by Crippen LogP contribution is -2.32. The van der Waals surface area contributed by atoms with Crippen molar-refractivity contribution in [2.45, 2.75) is 28.9 Å². The smallest absolute Gasteiger partial charge is 0.416 e. The maximum Gasteiger partial charge on any atom is 0.416 e. The number of halogens is 3. The molecule has 2 aliphatic heterocycles. The fourth-order valence-corrected chi connectivity index (χ4v) is 8.85. The molecule has 1 fully saturated rings. The van der Waals surface area contributed by atoms with Gasteiger partial charge in [0.15, 0.2) is 0 Å². The molecule has 0 aliphatic carbocycles. The number of methoxy groups -OCH3 is 1. The van der Waals surface area contributed by atoms with Crippen LogP contribution < -0.4 is 19.8 Å². The number of amides is 3. The molecule has 0 saturated carbocycles. The third-order valence-corrected chi connectivity index (χ3v) is 10.6. The van der Waals surface area contributed by atoms with Crippen LogP contribution in [0.3, 0.4) is 0 Å². The van der Waals surface area contributed by atoms with Gasteiger partial charge >= 0.3 is 11.0 Å². The zero-order valence-corrected chi connectivity index (χ0v) is 24.0. The summed E-state index contributed by atoms with van der Waals surface area (Å²) in [5.74, 6) is -2.79. The summed E-state index contributed by atoms with van der Waals surface area (Å²) in [7, 11) is 1.52. The molecule has 3 atom stereocenters. The fourth-order valence-electron chi connectivity index (χ4n) is 5.12. The van der Waals surface area contributed by atoms with Crippen molar-refractivity contribution in [1.82, 2.24) is 4.57 Å². The Labute approximate surface area is 248 Å². The topological polar surface area (TPSA) is 97.7 Å². The normalized spacial score (nSPS) is 19.9. The Morgan fingerprint density at radius 3 is 2.45 bits per heavy atom. The largest absolute Gasteiger partial charge is 0.497 e. The molecule has 8 nitrogen and oxygen atoms in total. The summed E-state index contributed by atoms with van der Waals surface area (Å²) >= 11 is 3.24. The zero-order valence-electron chi connectivity index (χ0n) is 21.6. The van der Waals surface area contributed by atoms with E-state index in [1.165, 1.54) is 29.1 Å². The number of rotatable bonds is 6. The minimum atomic E-state index is -4.66. The van der Waals surface area contributed by atoms with E-state index in [2.05, 4.69) is 5.32 Å². The molecule has 3 amide bonds. The molecular formula is C28H20F3N3O5S3. The number of fused-ring (bicyclic) bond motifs is 2. The van der Waals surface area contributed by atoms with Gasteiger partial charge in [0.25, 0.3) is 0 Å². The lowest BCUT2D eigenvalue weighted by molar-refractivity contribution is -0.137. The number of hydrogen-bond acceptors (Lipinski definition) is 8. The van der Waals surface area contributed by atoms with Crippen molar-refractivity contribution >= 4 is 63.5 Å². The van der Waals surface area contributed by atoms with Crippen LogP contribution in [0.4, 0.5) is 24.5 Å². The van der Waals surface area contributed by atoms with E-state index < -0.39 is 51.4 Å². The van der Waals surface area contributed by atoms with Crippen molar-refractivity contribution in [2.75, 3.05) is 17.3 Å². The molecule has 4 aromatic rings.